The molecule has 1 unspecified atom stereocenters. The van der Waals surface area contributed by atoms with E-state index in [1.54, 1.807) is 18.2 Å². The van der Waals surface area contributed by atoms with Crippen molar-refractivity contribution in [3.05, 3.63) is 28.2 Å². The topological polar surface area (TPSA) is 35.2 Å². The third kappa shape index (κ3) is 5.87. The van der Waals surface area contributed by atoms with Crippen molar-refractivity contribution in [2.45, 2.75) is 18.6 Å². The Labute approximate surface area is 117 Å². The second-order valence-corrected chi connectivity index (χ2v) is 6.07. The third-order valence-corrected chi connectivity index (χ3v) is 3.95. The smallest absolute Gasteiger partial charge is 0.138 e. The Morgan fingerprint density at radius 3 is 2.82 bits per heavy atom. The van der Waals surface area contributed by atoms with Gasteiger partial charge in [0.05, 0.1) is 11.6 Å². The molecule has 0 saturated heterocycles. The minimum absolute atomic E-state index is 0.553. The summed E-state index contributed by atoms with van der Waals surface area (Å²) < 4.78 is 5.58. The van der Waals surface area contributed by atoms with Crippen LogP contribution in [0.1, 0.15) is 13.3 Å². The van der Waals surface area contributed by atoms with Crippen molar-refractivity contribution in [1.82, 2.24) is 0 Å². The van der Waals surface area contributed by atoms with E-state index in [0.29, 0.717) is 27.7 Å². The lowest BCUT2D eigenvalue weighted by atomic mass is 10.3. The number of halogens is 2. The van der Waals surface area contributed by atoms with E-state index in [4.69, 9.17) is 33.7 Å². The summed E-state index contributed by atoms with van der Waals surface area (Å²) in [5, 5.41) is 1.75. The number of thioether (sulfide) groups is 1. The predicted molar refractivity (Wildman–Crippen MR) is 77.5 cm³/mol. The van der Waals surface area contributed by atoms with E-state index >= 15 is 0 Å². The molecule has 1 aromatic rings. The summed E-state index contributed by atoms with van der Waals surface area (Å²) >= 11 is 13.6. The van der Waals surface area contributed by atoms with Gasteiger partial charge in [-0.1, -0.05) is 30.1 Å². The fraction of sp³-hybridized carbons (Fsp3) is 0.500. The molecule has 0 aromatic heterocycles. The molecule has 2 N–H and O–H groups in total. The molecule has 0 saturated carbocycles. The van der Waals surface area contributed by atoms with E-state index in [2.05, 4.69) is 6.92 Å². The van der Waals surface area contributed by atoms with Crippen LogP contribution in [0, 0.1) is 0 Å². The lowest BCUT2D eigenvalue weighted by Crippen LogP contribution is -2.09. The minimum atomic E-state index is 0.553. The highest BCUT2D eigenvalue weighted by Crippen LogP contribution is 2.27. The number of nitrogens with two attached hydrogens (primary N) is 1. The fourth-order valence-corrected chi connectivity index (χ4v) is 2.66. The first kappa shape index (κ1) is 15.0. The number of rotatable bonds is 7. The van der Waals surface area contributed by atoms with Gasteiger partial charge in [-0.3, -0.25) is 0 Å². The molecule has 0 aliphatic heterocycles. The molecular formula is C12H17Cl2NOS. The van der Waals surface area contributed by atoms with Gasteiger partial charge < -0.3 is 10.5 Å². The molecular weight excluding hydrogens is 277 g/mol. The molecule has 1 aromatic carbocycles. The monoisotopic (exact) mass is 293 g/mol. The van der Waals surface area contributed by atoms with E-state index in [-0.39, 0.29) is 0 Å². The van der Waals surface area contributed by atoms with Gasteiger partial charge in [0.15, 0.2) is 0 Å². The van der Waals surface area contributed by atoms with E-state index in [9.17, 15) is 0 Å². The lowest BCUT2D eigenvalue weighted by molar-refractivity contribution is 0.344. The van der Waals surface area contributed by atoms with Crippen molar-refractivity contribution in [3.63, 3.8) is 0 Å². The molecule has 0 bridgehead atoms. The standard InChI is InChI=1S/C12H17Cl2NOS/c1-9(4-5-15)17-7-6-16-12-3-2-10(13)8-11(12)14/h2-3,8-9H,4-7,15H2,1H3. The van der Waals surface area contributed by atoms with Crippen LogP contribution < -0.4 is 10.5 Å². The van der Waals surface area contributed by atoms with Crippen molar-refractivity contribution in [2.75, 3.05) is 18.9 Å². The molecule has 0 aliphatic carbocycles. The summed E-state index contributed by atoms with van der Waals surface area (Å²) in [5.74, 6) is 1.61. The van der Waals surface area contributed by atoms with Crippen molar-refractivity contribution in [2.24, 2.45) is 5.73 Å². The third-order valence-electron chi connectivity index (χ3n) is 2.21. The number of hydrogen-bond donors (Lipinski definition) is 1. The summed E-state index contributed by atoms with van der Waals surface area (Å²) in [6.07, 6.45) is 1.03. The van der Waals surface area contributed by atoms with Crippen LogP contribution in [0.25, 0.3) is 0 Å². The molecule has 0 aliphatic rings. The first-order valence-corrected chi connectivity index (χ1v) is 7.33. The van der Waals surface area contributed by atoms with Gasteiger partial charge in [0, 0.05) is 16.0 Å². The van der Waals surface area contributed by atoms with Gasteiger partial charge in [0.25, 0.3) is 0 Å². The second-order valence-electron chi connectivity index (χ2n) is 3.68. The Morgan fingerprint density at radius 1 is 1.41 bits per heavy atom. The Hall–Kier alpha value is -0.0900. The number of ether oxygens (including phenoxy) is 1. The Kier molecular flexibility index (Phi) is 7.12. The van der Waals surface area contributed by atoms with Crippen molar-refractivity contribution >= 4 is 35.0 Å². The van der Waals surface area contributed by atoms with Gasteiger partial charge >= 0.3 is 0 Å². The maximum atomic E-state index is 5.99. The van der Waals surface area contributed by atoms with Crippen molar-refractivity contribution in [3.8, 4) is 5.75 Å². The molecule has 2 nitrogen and oxygen atoms in total. The van der Waals surface area contributed by atoms with Crippen LogP contribution in [0.5, 0.6) is 5.75 Å². The van der Waals surface area contributed by atoms with Gasteiger partial charge in [-0.05, 0) is 31.2 Å². The highest BCUT2D eigenvalue weighted by atomic mass is 35.5. The highest BCUT2D eigenvalue weighted by molar-refractivity contribution is 7.99. The van der Waals surface area contributed by atoms with Crippen LogP contribution in [0.15, 0.2) is 18.2 Å². The Bertz CT molecular complexity index is 349. The van der Waals surface area contributed by atoms with Crippen molar-refractivity contribution < 1.29 is 4.74 Å². The Balaban J connectivity index is 2.26. The zero-order valence-electron chi connectivity index (χ0n) is 9.79. The maximum Gasteiger partial charge on any atom is 0.138 e. The molecule has 1 atom stereocenters. The van der Waals surface area contributed by atoms with E-state index in [1.807, 2.05) is 11.8 Å². The molecule has 1 rings (SSSR count). The van der Waals surface area contributed by atoms with Crippen molar-refractivity contribution in [1.29, 1.82) is 0 Å². The Morgan fingerprint density at radius 2 is 2.18 bits per heavy atom. The molecule has 17 heavy (non-hydrogen) atoms. The molecule has 0 spiro atoms. The van der Waals surface area contributed by atoms with Crippen LogP contribution in [0.4, 0.5) is 0 Å². The summed E-state index contributed by atoms with van der Waals surface area (Å²) in [6, 6.07) is 5.24. The normalized spacial score (nSPS) is 12.5. The molecule has 96 valence electrons. The van der Waals surface area contributed by atoms with Gasteiger partial charge in [0.2, 0.25) is 0 Å². The van der Waals surface area contributed by atoms with Crippen LogP contribution in [-0.4, -0.2) is 24.2 Å². The largest absolute Gasteiger partial charge is 0.491 e. The van der Waals surface area contributed by atoms with Gasteiger partial charge in [-0.25, -0.2) is 0 Å². The van der Waals surface area contributed by atoms with Gasteiger partial charge in [-0.2, -0.15) is 11.8 Å². The average molecular weight is 294 g/mol. The molecule has 0 radical (unpaired) electrons. The van der Waals surface area contributed by atoms with Crippen LogP contribution in [0.3, 0.4) is 0 Å². The van der Waals surface area contributed by atoms with E-state index in [1.165, 1.54) is 0 Å². The summed E-state index contributed by atoms with van der Waals surface area (Å²) in [4.78, 5) is 0. The zero-order valence-corrected chi connectivity index (χ0v) is 12.1. The van der Waals surface area contributed by atoms with E-state index in [0.717, 1.165) is 18.7 Å². The predicted octanol–water partition coefficient (Wildman–Crippen LogP) is 3.84. The van der Waals surface area contributed by atoms with Crippen LogP contribution in [0.2, 0.25) is 10.0 Å². The fourth-order valence-electron chi connectivity index (χ4n) is 1.31. The first-order valence-electron chi connectivity index (χ1n) is 5.53. The minimum Gasteiger partial charge on any atom is -0.491 e. The van der Waals surface area contributed by atoms with E-state index < -0.39 is 0 Å². The molecule has 5 heteroatoms. The summed E-state index contributed by atoms with van der Waals surface area (Å²) in [5.41, 5.74) is 5.48. The average Bonchev–Trinajstić information content (AvgIpc) is 2.27. The second kappa shape index (κ2) is 8.09. The number of hydrogen-bond acceptors (Lipinski definition) is 3. The lowest BCUT2D eigenvalue weighted by Gasteiger charge is -2.11. The number of benzene rings is 1. The molecule has 0 amide bonds. The SMILES string of the molecule is CC(CCN)SCCOc1ccc(Cl)cc1Cl. The maximum absolute atomic E-state index is 5.99. The quantitative estimate of drug-likeness (QED) is 0.776. The molecule has 0 heterocycles. The van der Waals surface area contributed by atoms with Crippen LogP contribution >= 0.6 is 35.0 Å². The summed E-state index contributed by atoms with van der Waals surface area (Å²) in [7, 11) is 0. The molecule has 0 fully saturated rings. The zero-order chi connectivity index (χ0) is 12.7. The van der Waals surface area contributed by atoms with Crippen LogP contribution in [-0.2, 0) is 0 Å². The first-order chi connectivity index (χ1) is 8.13. The summed E-state index contributed by atoms with van der Waals surface area (Å²) in [6.45, 7) is 3.55. The van der Waals surface area contributed by atoms with Gasteiger partial charge in [0.1, 0.15) is 5.75 Å². The highest BCUT2D eigenvalue weighted by Gasteiger charge is 2.04. The van der Waals surface area contributed by atoms with Gasteiger partial charge in [-0.15, -0.1) is 0 Å².